The molecule has 2 atom stereocenters. The number of nitrogens with one attached hydrogen (secondary N) is 1. The maximum Gasteiger partial charge on any atom is 0.208 e. The minimum atomic E-state index is -1.40. The summed E-state index contributed by atoms with van der Waals surface area (Å²) >= 11 is 0. The van der Waals surface area contributed by atoms with Gasteiger partial charge in [-0.2, -0.15) is 0 Å². The molecule has 0 bridgehead atoms. The van der Waals surface area contributed by atoms with Crippen LogP contribution in [-0.2, 0) is 10.5 Å². The maximum absolute atomic E-state index is 12.9. The van der Waals surface area contributed by atoms with Crippen LogP contribution in [0.4, 0.5) is 4.39 Å². The summed E-state index contributed by atoms with van der Waals surface area (Å²) in [6, 6.07) is 5.47. The Labute approximate surface area is 113 Å². The number of rotatable bonds is 1. The third kappa shape index (κ3) is 2.83. The van der Waals surface area contributed by atoms with Crippen LogP contribution in [0.5, 0.6) is 0 Å². The molecule has 1 aromatic carbocycles. The van der Waals surface area contributed by atoms with Crippen LogP contribution in [0.1, 0.15) is 26.3 Å². The van der Waals surface area contributed by atoms with Crippen LogP contribution in [0, 0.1) is 5.82 Å². The first kappa shape index (κ1) is 15.4. The van der Waals surface area contributed by atoms with E-state index < -0.39 is 5.79 Å². The molecule has 5 heteroatoms. The van der Waals surface area contributed by atoms with Gasteiger partial charge in [0.1, 0.15) is 5.82 Å². The summed E-state index contributed by atoms with van der Waals surface area (Å²) in [7, 11) is 0. The number of aliphatic hydroxyl groups is 1. The minimum absolute atomic E-state index is 0. The largest absolute Gasteiger partial charge is 0.361 e. The minimum Gasteiger partial charge on any atom is -0.361 e. The van der Waals surface area contributed by atoms with Crippen molar-refractivity contribution in [1.82, 2.24) is 5.32 Å². The van der Waals surface area contributed by atoms with Gasteiger partial charge in [0.05, 0.1) is 12.6 Å². The first-order chi connectivity index (χ1) is 7.83. The third-order valence-electron chi connectivity index (χ3n) is 3.11. The van der Waals surface area contributed by atoms with E-state index in [1.54, 1.807) is 12.1 Å². The van der Waals surface area contributed by atoms with Gasteiger partial charge in [-0.3, -0.25) is 0 Å². The summed E-state index contributed by atoms with van der Waals surface area (Å²) in [6.07, 6.45) is 0. The Morgan fingerprint density at radius 2 is 1.89 bits per heavy atom. The van der Waals surface area contributed by atoms with Crippen LogP contribution >= 0.6 is 12.4 Å². The van der Waals surface area contributed by atoms with Gasteiger partial charge in [-0.25, -0.2) is 4.39 Å². The maximum atomic E-state index is 12.9. The van der Waals surface area contributed by atoms with Crippen LogP contribution in [0.15, 0.2) is 24.3 Å². The molecule has 1 heterocycles. The Balaban J connectivity index is 0.00000162. The second-order valence-electron chi connectivity index (χ2n) is 5.24. The van der Waals surface area contributed by atoms with Crippen molar-refractivity contribution in [3.63, 3.8) is 0 Å². The third-order valence-corrected chi connectivity index (χ3v) is 3.11. The molecule has 1 saturated heterocycles. The molecule has 1 aliphatic rings. The van der Waals surface area contributed by atoms with Crippen molar-refractivity contribution < 1.29 is 14.2 Å². The highest BCUT2D eigenvalue weighted by atomic mass is 35.5. The summed E-state index contributed by atoms with van der Waals surface area (Å²) in [6.45, 7) is 6.26. The molecule has 0 unspecified atom stereocenters. The van der Waals surface area contributed by atoms with Gasteiger partial charge in [0, 0.05) is 11.1 Å². The predicted molar refractivity (Wildman–Crippen MR) is 70.2 cm³/mol. The molecule has 2 N–H and O–H groups in total. The van der Waals surface area contributed by atoms with E-state index in [1.807, 2.05) is 20.8 Å². The van der Waals surface area contributed by atoms with E-state index in [4.69, 9.17) is 4.74 Å². The van der Waals surface area contributed by atoms with E-state index in [9.17, 15) is 9.50 Å². The van der Waals surface area contributed by atoms with Gasteiger partial charge < -0.3 is 15.2 Å². The molecular weight excluding hydrogens is 257 g/mol. The molecule has 0 amide bonds. The Bertz CT molecular complexity index is 410. The predicted octanol–water partition coefficient (Wildman–Crippen LogP) is 2.18. The normalized spacial score (nSPS) is 30.6. The smallest absolute Gasteiger partial charge is 0.208 e. The summed E-state index contributed by atoms with van der Waals surface area (Å²) in [5, 5.41) is 13.8. The van der Waals surface area contributed by atoms with Gasteiger partial charge in [-0.1, -0.05) is 12.1 Å². The lowest BCUT2D eigenvalue weighted by molar-refractivity contribution is -0.263. The van der Waals surface area contributed by atoms with E-state index in [1.165, 1.54) is 12.1 Å². The van der Waals surface area contributed by atoms with Gasteiger partial charge in [0.2, 0.25) is 5.79 Å². The van der Waals surface area contributed by atoms with E-state index >= 15 is 0 Å². The fourth-order valence-electron chi connectivity index (χ4n) is 2.16. The number of halogens is 2. The number of ether oxygens (including phenoxy) is 1. The van der Waals surface area contributed by atoms with Crippen LogP contribution in [-0.4, -0.2) is 23.3 Å². The van der Waals surface area contributed by atoms with E-state index in [0.717, 1.165) is 0 Å². The lowest BCUT2D eigenvalue weighted by Crippen LogP contribution is -2.63. The molecule has 0 saturated carbocycles. The van der Waals surface area contributed by atoms with Gasteiger partial charge in [-0.15, -0.1) is 12.4 Å². The topological polar surface area (TPSA) is 41.5 Å². The zero-order chi connectivity index (χ0) is 12.7. The molecule has 102 valence electrons. The van der Waals surface area contributed by atoms with Crippen LogP contribution in [0.2, 0.25) is 0 Å². The van der Waals surface area contributed by atoms with Crippen LogP contribution < -0.4 is 5.32 Å². The molecule has 0 radical (unpaired) electrons. The fourth-order valence-corrected chi connectivity index (χ4v) is 2.16. The number of hydrogen-bond donors (Lipinski definition) is 2. The van der Waals surface area contributed by atoms with Crippen molar-refractivity contribution in [2.24, 2.45) is 0 Å². The standard InChI is InChI=1S/C13H18FNO2.ClH/c1-9-13(16,17-8-12(2,3)15-9)10-4-6-11(14)7-5-10;/h4-7,9,15-16H,8H2,1-3H3;1H/t9-,13-;/m1./s1. The zero-order valence-corrected chi connectivity index (χ0v) is 11.6. The second-order valence-corrected chi connectivity index (χ2v) is 5.24. The fraction of sp³-hybridized carbons (Fsp3) is 0.538. The SMILES string of the molecule is C[C@H]1NC(C)(C)CO[C@@]1(O)c1ccc(F)cc1.Cl. The highest BCUT2D eigenvalue weighted by Gasteiger charge is 2.44. The average Bonchev–Trinajstić information content (AvgIpc) is 2.25. The van der Waals surface area contributed by atoms with Crippen molar-refractivity contribution in [2.75, 3.05) is 6.61 Å². The second kappa shape index (κ2) is 5.13. The summed E-state index contributed by atoms with van der Waals surface area (Å²) in [5.41, 5.74) is 0.389. The molecule has 1 aliphatic heterocycles. The quantitative estimate of drug-likeness (QED) is 0.825. The molecule has 3 nitrogen and oxygen atoms in total. The molecule has 2 rings (SSSR count). The number of morpholine rings is 1. The van der Waals surface area contributed by atoms with Gasteiger partial charge in [0.15, 0.2) is 0 Å². The highest BCUT2D eigenvalue weighted by Crippen LogP contribution is 2.32. The highest BCUT2D eigenvalue weighted by molar-refractivity contribution is 5.85. The molecule has 1 aromatic rings. The summed E-state index contributed by atoms with van der Waals surface area (Å²) in [5.74, 6) is -1.72. The van der Waals surface area contributed by atoms with Crippen molar-refractivity contribution in [3.8, 4) is 0 Å². The number of hydrogen-bond acceptors (Lipinski definition) is 3. The Morgan fingerprint density at radius 1 is 1.33 bits per heavy atom. The Morgan fingerprint density at radius 3 is 2.39 bits per heavy atom. The first-order valence-corrected chi connectivity index (χ1v) is 5.74. The first-order valence-electron chi connectivity index (χ1n) is 5.74. The van der Waals surface area contributed by atoms with Gasteiger partial charge in [0.25, 0.3) is 0 Å². The zero-order valence-electron chi connectivity index (χ0n) is 10.7. The van der Waals surface area contributed by atoms with E-state index in [0.29, 0.717) is 12.2 Å². The summed E-state index contributed by atoms with van der Waals surface area (Å²) in [4.78, 5) is 0. The lowest BCUT2D eigenvalue weighted by Gasteiger charge is -2.46. The molecule has 0 spiro atoms. The van der Waals surface area contributed by atoms with Crippen molar-refractivity contribution in [1.29, 1.82) is 0 Å². The van der Waals surface area contributed by atoms with Crippen molar-refractivity contribution in [3.05, 3.63) is 35.6 Å². The van der Waals surface area contributed by atoms with Gasteiger partial charge in [-0.05, 0) is 32.9 Å². The van der Waals surface area contributed by atoms with Gasteiger partial charge >= 0.3 is 0 Å². The molecule has 0 aliphatic carbocycles. The van der Waals surface area contributed by atoms with Crippen LogP contribution in [0.25, 0.3) is 0 Å². The molecule has 0 aromatic heterocycles. The molecule has 1 fully saturated rings. The average molecular weight is 276 g/mol. The monoisotopic (exact) mass is 275 g/mol. The Hall–Kier alpha value is -0.680. The summed E-state index contributed by atoms with van der Waals surface area (Å²) < 4.78 is 18.5. The van der Waals surface area contributed by atoms with Crippen molar-refractivity contribution in [2.45, 2.75) is 38.1 Å². The van der Waals surface area contributed by atoms with Crippen LogP contribution in [0.3, 0.4) is 0 Å². The lowest BCUT2D eigenvalue weighted by atomic mass is 9.92. The molecular formula is C13H19ClFNO2. The molecule has 18 heavy (non-hydrogen) atoms. The van der Waals surface area contributed by atoms with E-state index in [2.05, 4.69) is 5.32 Å². The van der Waals surface area contributed by atoms with E-state index in [-0.39, 0.29) is 29.8 Å². The van der Waals surface area contributed by atoms with Crippen molar-refractivity contribution >= 4 is 12.4 Å². The Kier molecular flexibility index (Phi) is 4.38. The number of benzene rings is 1.